The van der Waals surface area contributed by atoms with Gasteiger partial charge in [0.25, 0.3) is 0 Å². The minimum atomic E-state index is -0.660. The van der Waals surface area contributed by atoms with E-state index in [4.69, 9.17) is 9.84 Å². The summed E-state index contributed by atoms with van der Waals surface area (Å²) in [5.74, 6) is -0.646. The molecule has 0 aromatic heterocycles. The number of unbranched alkanes of at least 4 members (excludes halogenated alkanes) is 30. The summed E-state index contributed by atoms with van der Waals surface area (Å²) < 4.78 is 5.44. The molecule has 0 saturated heterocycles. The van der Waals surface area contributed by atoms with Crippen molar-refractivity contribution >= 4 is 11.9 Å². The van der Waals surface area contributed by atoms with Gasteiger partial charge in [0.05, 0.1) is 6.61 Å². The van der Waals surface area contributed by atoms with E-state index in [1.54, 1.807) is 0 Å². The van der Waals surface area contributed by atoms with Crippen molar-refractivity contribution in [2.75, 3.05) is 6.61 Å². The largest absolute Gasteiger partial charge is 0.481 e. The van der Waals surface area contributed by atoms with Crippen molar-refractivity contribution in [3.63, 3.8) is 0 Å². The third-order valence-corrected chi connectivity index (χ3v) is 8.78. The number of carbonyl (C=O) groups is 2. The van der Waals surface area contributed by atoms with Gasteiger partial charge < -0.3 is 9.84 Å². The quantitative estimate of drug-likeness (QED) is 0.0579. The molecule has 4 nitrogen and oxygen atoms in total. The summed E-state index contributed by atoms with van der Waals surface area (Å²) in [6.07, 6.45) is 42.6. The van der Waals surface area contributed by atoms with Crippen LogP contribution in [0.3, 0.4) is 0 Å². The van der Waals surface area contributed by atoms with Gasteiger partial charge in [-0.15, -0.1) is 0 Å². The lowest BCUT2D eigenvalue weighted by atomic mass is 10.0. The Labute approximate surface area is 262 Å². The van der Waals surface area contributed by atoms with Crippen LogP contribution in [-0.2, 0) is 14.3 Å². The number of hydrogen-bond acceptors (Lipinski definition) is 3. The summed E-state index contributed by atoms with van der Waals surface area (Å²) in [5, 5.41) is 8.63. The highest BCUT2D eigenvalue weighted by molar-refractivity contribution is 5.69. The molecule has 0 radical (unpaired) electrons. The molecule has 0 aromatic carbocycles. The van der Waals surface area contributed by atoms with Gasteiger partial charge in [-0.2, -0.15) is 0 Å². The molecule has 0 spiro atoms. The van der Waals surface area contributed by atoms with Gasteiger partial charge in [-0.25, -0.2) is 0 Å². The molecular formula is C38H74O4. The fourth-order valence-corrected chi connectivity index (χ4v) is 5.93. The van der Waals surface area contributed by atoms with Crippen LogP contribution in [0, 0.1) is 0 Å². The van der Waals surface area contributed by atoms with Gasteiger partial charge in [-0.1, -0.05) is 193 Å². The van der Waals surface area contributed by atoms with Gasteiger partial charge in [-0.3, -0.25) is 9.59 Å². The maximum atomic E-state index is 11.9. The lowest BCUT2D eigenvalue weighted by Crippen LogP contribution is -2.05. The van der Waals surface area contributed by atoms with E-state index in [1.165, 1.54) is 180 Å². The molecule has 0 atom stereocenters. The SMILES string of the molecule is CCCCCCCCCCCCCCCC(=O)OCCCCCCCCCCCCCCCCCCCCCC(=O)O. The summed E-state index contributed by atoms with van der Waals surface area (Å²) in [4.78, 5) is 22.4. The standard InChI is InChI=1S/C38H74O4/c1-2-3-4-5-6-7-8-16-20-23-26-29-32-35-38(41)42-36-33-30-27-24-21-18-15-13-11-9-10-12-14-17-19-22-25-28-31-34-37(39)40/h2-36H2,1H3,(H,39,40). The van der Waals surface area contributed by atoms with Crippen molar-refractivity contribution in [3.8, 4) is 0 Å². The number of carboxylic acids is 1. The van der Waals surface area contributed by atoms with E-state index in [1.807, 2.05) is 0 Å². The maximum absolute atomic E-state index is 11.9. The number of carbonyl (C=O) groups excluding carboxylic acids is 1. The molecule has 42 heavy (non-hydrogen) atoms. The van der Waals surface area contributed by atoms with Crippen LogP contribution < -0.4 is 0 Å². The fourth-order valence-electron chi connectivity index (χ4n) is 5.93. The topological polar surface area (TPSA) is 63.6 Å². The van der Waals surface area contributed by atoms with Crippen LogP contribution in [0.2, 0.25) is 0 Å². The van der Waals surface area contributed by atoms with E-state index >= 15 is 0 Å². The van der Waals surface area contributed by atoms with Gasteiger partial charge in [-0.05, 0) is 19.3 Å². The van der Waals surface area contributed by atoms with Crippen LogP contribution in [0.4, 0.5) is 0 Å². The first-order chi connectivity index (χ1) is 20.7. The van der Waals surface area contributed by atoms with Crippen LogP contribution in [0.15, 0.2) is 0 Å². The highest BCUT2D eigenvalue weighted by atomic mass is 16.5. The number of esters is 1. The molecule has 4 heteroatoms. The molecule has 0 amide bonds. The Balaban J connectivity index is 3.14. The van der Waals surface area contributed by atoms with E-state index in [-0.39, 0.29) is 5.97 Å². The second-order valence-corrected chi connectivity index (χ2v) is 13.1. The molecule has 0 bridgehead atoms. The molecule has 0 aliphatic heterocycles. The minimum Gasteiger partial charge on any atom is -0.481 e. The molecule has 0 unspecified atom stereocenters. The third kappa shape index (κ3) is 37.0. The highest BCUT2D eigenvalue weighted by Gasteiger charge is 2.03. The van der Waals surface area contributed by atoms with Crippen molar-refractivity contribution in [2.45, 2.75) is 225 Å². The Hall–Kier alpha value is -1.06. The number of aliphatic carboxylic acids is 1. The normalized spacial score (nSPS) is 11.3. The Kier molecular flexibility index (Phi) is 35.2. The van der Waals surface area contributed by atoms with Crippen LogP contribution in [0.1, 0.15) is 225 Å². The lowest BCUT2D eigenvalue weighted by molar-refractivity contribution is -0.144. The van der Waals surface area contributed by atoms with Crippen LogP contribution in [-0.4, -0.2) is 23.7 Å². The zero-order valence-electron chi connectivity index (χ0n) is 28.4. The average Bonchev–Trinajstić information content (AvgIpc) is 2.98. The van der Waals surface area contributed by atoms with Gasteiger partial charge in [0.2, 0.25) is 0 Å². The predicted molar refractivity (Wildman–Crippen MR) is 181 cm³/mol. The Morgan fingerprint density at radius 3 is 0.952 bits per heavy atom. The molecule has 1 N–H and O–H groups in total. The number of rotatable bonds is 36. The summed E-state index contributed by atoms with van der Waals surface area (Å²) in [7, 11) is 0. The van der Waals surface area contributed by atoms with Crippen molar-refractivity contribution in [1.29, 1.82) is 0 Å². The van der Waals surface area contributed by atoms with E-state index in [2.05, 4.69) is 6.92 Å². The molecule has 0 saturated carbocycles. The number of ether oxygens (including phenoxy) is 1. The molecule has 250 valence electrons. The second-order valence-electron chi connectivity index (χ2n) is 13.1. The minimum absolute atomic E-state index is 0.0137. The van der Waals surface area contributed by atoms with Crippen molar-refractivity contribution in [3.05, 3.63) is 0 Å². The zero-order valence-corrected chi connectivity index (χ0v) is 28.4. The van der Waals surface area contributed by atoms with Crippen LogP contribution in [0.25, 0.3) is 0 Å². The lowest BCUT2D eigenvalue weighted by Gasteiger charge is -2.06. The maximum Gasteiger partial charge on any atom is 0.305 e. The first kappa shape index (κ1) is 40.9. The number of hydrogen-bond donors (Lipinski definition) is 1. The highest BCUT2D eigenvalue weighted by Crippen LogP contribution is 2.16. The molecule has 0 aromatic rings. The first-order valence-corrected chi connectivity index (χ1v) is 19.0. The molecule has 0 rings (SSSR count). The van der Waals surface area contributed by atoms with Crippen LogP contribution >= 0.6 is 0 Å². The Morgan fingerprint density at radius 2 is 0.643 bits per heavy atom. The Bertz CT molecular complexity index is 547. The Morgan fingerprint density at radius 1 is 0.381 bits per heavy atom. The molecular weight excluding hydrogens is 520 g/mol. The van der Waals surface area contributed by atoms with E-state index in [0.29, 0.717) is 19.4 Å². The molecule has 0 heterocycles. The summed E-state index contributed by atoms with van der Waals surface area (Å²) in [5.41, 5.74) is 0. The third-order valence-electron chi connectivity index (χ3n) is 8.78. The number of carboxylic acid groups (broad SMARTS) is 1. The van der Waals surface area contributed by atoms with Gasteiger partial charge in [0.15, 0.2) is 0 Å². The van der Waals surface area contributed by atoms with E-state index in [0.717, 1.165) is 25.7 Å². The molecule has 0 aliphatic carbocycles. The van der Waals surface area contributed by atoms with E-state index in [9.17, 15) is 9.59 Å². The molecule has 0 aliphatic rings. The summed E-state index contributed by atoms with van der Waals surface area (Å²) in [6.45, 7) is 2.90. The van der Waals surface area contributed by atoms with Gasteiger partial charge in [0.1, 0.15) is 0 Å². The second kappa shape index (κ2) is 36.1. The molecule has 0 fully saturated rings. The fraction of sp³-hybridized carbons (Fsp3) is 0.947. The van der Waals surface area contributed by atoms with Gasteiger partial charge in [0, 0.05) is 12.8 Å². The van der Waals surface area contributed by atoms with Crippen molar-refractivity contribution < 1.29 is 19.4 Å². The predicted octanol–water partition coefficient (Wildman–Crippen LogP) is 12.9. The first-order valence-electron chi connectivity index (χ1n) is 19.0. The van der Waals surface area contributed by atoms with Crippen molar-refractivity contribution in [2.24, 2.45) is 0 Å². The smallest absolute Gasteiger partial charge is 0.305 e. The summed E-state index contributed by atoms with van der Waals surface area (Å²) >= 11 is 0. The summed E-state index contributed by atoms with van der Waals surface area (Å²) in [6, 6.07) is 0. The van der Waals surface area contributed by atoms with Crippen molar-refractivity contribution in [1.82, 2.24) is 0 Å². The average molecular weight is 595 g/mol. The van der Waals surface area contributed by atoms with Crippen LogP contribution in [0.5, 0.6) is 0 Å². The monoisotopic (exact) mass is 595 g/mol. The van der Waals surface area contributed by atoms with E-state index < -0.39 is 5.97 Å². The van der Waals surface area contributed by atoms with Gasteiger partial charge >= 0.3 is 11.9 Å². The zero-order chi connectivity index (χ0) is 30.6.